The zero-order valence-electron chi connectivity index (χ0n) is 19.9. The highest BCUT2D eigenvalue weighted by Gasteiger charge is 2.26. The van der Waals surface area contributed by atoms with Crippen molar-refractivity contribution in [2.75, 3.05) is 37.7 Å². The molecule has 0 atom stereocenters. The largest absolute Gasteiger partial charge is 0.462 e. The fraction of sp³-hybridized carbons (Fsp3) is 0.231. The van der Waals surface area contributed by atoms with Crippen LogP contribution in [0.3, 0.4) is 0 Å². The fourth-order valence-electron chi connectivity index (χ4n) is 4.00. The second-order valence-corrected chi connectivity index (χ2v) is 9.06. The summed E-state index contributed by atoms with van der Waals surface area (Å²) in [6, 6.07) is 12.9. The summed E-state index contributed by atoms with van der Waals surface area (Å²) in [4.78, 5) is 39.3. The Bertz CT molecular complexity index is 1340. The first-order valence-electron chi connectivity index (χ1n) is 11.5. The van der Waals surface area contributed by atoms with Crippen molar-refractivity contribution in [1.82, 2.24) is 4.90 Å². The molecule has 1 aliphatic heterocycles. The number of anilines is 1. The van der Waals surface area contributed by atoms with Crippen LogP contribution in [0, 0.1) is 10.1 Å². The number of nitrogens with zero attached hydrogens (tertiary/aromatic N) is 3. The minimum absolute atomic E-state index is 0.121. The lowest BCUT2D eigenvalue weighted by atomic mass is 10.1. The average Bonchev–Trinajstić information content (AvgIpc) is 3.36. The predicted octanol–water partition coefficient (Wildman–Crippen LogP) is 5.70. The van der Waals surface area contributed by atoms with E-state index in [1.807, 2.05) is 4.90 Å². The van der Waals surface area contributed by atoms with Crippen LogP contribution in [0.5, 0.6) is 0 Å². The Morgan fingerprint density at radius 2 is 1.76 bits per heavy atom. The molecule has 1 saturated heterocycles. The van der Waals surface area contributed by atoms with Gasteiger partial charge in [-0.3, -0.25) is 14.9 Å². The van der Waals surface area contributed by atoms with Gasteiger partial charge in [0.2, 0.25) is 5.91 Å². The molecule has 0 aliphatic carbocycles. The molecule has 3 aromatic rings. The second kappa shape index (κ2) is 11.5. The van der Waals surface area contributed by atoms with Gasteiger partial charge in [0.05, 0.1) is 17.1 Å². The molecule has 0 N–H and O–H groups in total. The highest BCUT2D eigenvalue weighted by molar-refractivity contribution is 6.35. The van der Waals surface area contributed by atoms with E-state index in [0.29, 0.717) is 53.4 Å². The van der Waals surface area contributed by atoms with E-state index in [4.69, 9.17) is 32.4 Å². The minimum Gasteiger partial charge on any atom is -0.462 e. The summed E-state index contributed by atoms with van der Waals surface area (Å²) in [7, 11) is 0. The number of carbonyl (C=O) groups excluding carboxylic acids is 2. The number of nitro groups is 1. The van der Waals surface area contributed by atoms with E-state index >= 15 is 0 Å². The highest BCUT2D eigenvalue weighted by Crippen LogP contribution is 2.31. The first kappa shape index (κ1) is 26.2. The third-order valence-electron chi connectivity index (χ3n) is 5.78. The summed E-state index contributed by atoms with van der Waals surface area (Å²) in [6.45, 7) is 3.41. The van der Waals surface area contributed by atoms with Crippen molar-refractivity contribution in [2.45, 2.75) is 6.92 Å². The molecule has 1 aliphatic rings. The van der Waals surface area contributed by atoms with Gasteiger partial charge in [0, 0.05) is 53.9 Å². The lowest BCUT2D eigenvalue weighted by Crippen LogP contribution is -2.48. The summed E-state index contributed by atoms with van der Waals surface area (Å²) in [6.07, 6.45) is 3.02. The summed E-state index contributed by atoms with van der Waals surface area (Å²) < 4.78 is 10.7. The van der Waals surface area contributed by atoms with Gasteiger partial charge in [0.25, 0.3) is 5.69 Å². The van der Waals surface area contributed by atoms with Crippen LogP contribution in [0.1, 0.15) is 23.0 Å². The molecule has 192 valence electrons. The monoisotopic (exact) mass is 543 g/mol. The zero-order chi connectivity index (χ0) is 26.5. The van der Waals surface area contributed by atoms with E-state index in [0.717, 1.165) is 5.56 Å². The van der Waals surface area contributed by atoms with Crippen molar-refractivity contribution in [2.24, 2.45) is 0 Å². The Kier molecular flexibility index (Phi) is 8.15. The van der Waals surface area contributed by atoms with Crippen molar-refractivity contribution in [3.8, 4) is 11.3 Å². The number of hydrogen-bond acceptors (Lipinski definition) is 7. The molecule has 0 saturated carbocycles. The molecule has 0 spiro atoms. The molecule has 0 bridgehead atoms. The third kappa shape index (κ3) is 6.31. The molecule has 2 aromatic carbocycles. The van der Waals surface area contributed by atoms with Crippen molar-refractivity contribution in [3.05, 3.63) is 86.1 Å². The molecule has 0 unspecified atom stereocenters. The zero-order valence-corrected chi connectivity index (χ0v) is 21.4. The minimum atomic E-state index is -0.612. The van der Waals surface area contributed by atoms with E-state index < -0.39 is 10.9 Å². The summed E-state index contributed by atoms with van der Waals surface area (Å²) >= 11 is 12.1. The number of piperazine rings is 1. The molecule has 0 radical (unpaired) electrons. The van der Waals surface area contributed by atoms with E-state index in [9.17, 15) is 19.7 Å². The number of nitro benzene ring substituents is 1. The number of amides is 1. The molecule has 2 heterocycles. The van der Waals surface area contributed by atoms with Crippen LogP contribution in [-0.2, 0) is 9.53 Å². The van der Waals surface area contributed by atoms with E-state index in [2.05, 4.69) is 0 Å². The fourth-order valence-corrected chi connectivity index (χ4v) is 4.52. The third-order valence-corrected chi connectivity index (χ3v) is 6.22. The summed E-state index contributed by atoms with van der Waals surface area (Å²) in [5.41, 5.74) is 1.06. The maximum Gasteiger partial charge on any atom is 0.338 e. The lowest BCUT2D eigenvalue weighted by Gasteiger charge is -2.35. The van der Waals surface area contributed by atoms with Crippen LogP contribution in [0.4, 0.5) is 11.4 Å². The Morgan fingerprint density at radius 3 is 2.41 bits per heavy atom. The van der Waals surface area contributed by atoms with Crippen LogP contribution in [0.15, 0.2) is 59.0 Å². The van der Waals surface area contributed by atoms with Crippen molar-refractivity contribution in [1.29, 1.82) is 0 Å². The quantitative estimate of drug-likeness (QED) is 0.163. The topological polar surface area (TPSA) is 106 Å². The summed E-state index contributed by atoms with van der Waals surface area (Å²) in [5.74, 6) is 0.256. The number of ether oxygens (including phenoxy) is 1. The van der Waals surface area contributed by atoms with Crippen molar-refractivity contribution < 1.29 is 23.7 Å². The molecule has 1 amide bonds. The van der Waals surface area contributed by atoms with Crippen LogP contribution in [0.2, 0.25) is 10.0 Å². The van der Waals surface area contributed by atoms with Crippen LogP contribution in [-0.4, -0.2) is 54.5 Å². The predicted molar refractivity (Wildman–Crippen MR) is 141 cm³/mol. The molecule has 11 heteroatoms. The Balaban J connectivity index is 1.39. The maximum absolute atomic E-state index is 12.7. The second-order valence-electron chi connectivity index (χ2n) is 8.19. The van der Waals surface area contributed by atoms with Crippen LogP contribution in [0.25, 0.3) is 17.4 Å². The normalized spacial score (nSPS) is 13.7. The van der Waals surface area contributed by atoms with E-state index in [-0.39, 0.29) is 23.8 Å². The Hall–Kier alpha value is -3.82. The van der Waals surface area contributed by atoms with Crippen molar-refractivity contribution in [3.63, 3.8) is 0 Å². The summed E-state index contributed by atoms with van der Waals surface area (Å²) in [5, 5.41) is 12.6. The van der Waals surface area contributed by atoms with E-state index in [1.54, 1.807) is 54.3 Å². The highest BCUT2D eigenvalue weighted by atomic mass is 35.5. The van der Waals surface area contributed by atoms with Gasteiger partial charge in [-0.25, -0.2) is 4.79 Å². The Morgan fingerprint density at radius 1 is 1.05 bits per heavy atom. The lowest BCUT2D eigenvalue weighted by molar-refractivity contribution is -0.384. The number of halogens is 2. The van der Waals surface area contributed by atoms with Gasteiger partial charge in [-0.1, -0.05) is 23.2 Å². The SMILES string of the molecule is CCOC(=O)c1ccc(N2CCN(C(=O)/C=C/c3ccc(-c4cc(Cl)cc(Cl)c4)o3)CC2)c([N+](=O)[O-])c1. The number of carbonyl (C=O) groups is 2. The number of esters is 1. The maximum atomic E-state index is 12.7. The number of benzene rings is 2. The first-order valence-corrected chi connectivity index (χ1v) is 12.2. The molecule has 4 rings (SSSR count). The smallest absolute Gasteiger partial charge is 0.338 e. The van der Waals surface area contributed by atoms with Crippen LogP contribution < -0.4 is 4.90 Å². The molecule has 9 nitrogen and oxygen atoms in total. The molecule has 1 fully saturated rings. The average molecular weight is 544 g/mol. The van der Waals surface area contributed by atoms with Gasteiger partial charge in [-0.2, -0.15) is 0 Å². The standard InChI is InChI=1S/C26H23Cl2N3O6/c1-2-36-26(33)17-3-6-22(23(15-17)31(34)35)29-9-11-30(12-10-29)25(32)8-5-21-4-7-24(37-21)18-13-19(27)16-20(28)14-18/h3-8,13-16H,2,9-12H2,1H3/b8-5+. The van der Waals surface area contributed by atoms with Gasteiger partial charge in [-0.05, 0) is 55.5 Å². The van der Waals surface area contributed by atoms with Gasteiger partial charge < -0.3 is 19.0 Å². The first-order chi connectivity index (χ1) is 17.7. The number of rotatable bonds is 7. The molecule has 1 aromatic heterocycles. The number of furan rings is 1. The van der Waals surface area contributed by atoms with Gasteiger partial charge in [0.1, 0.15) is 17.2 Å². The molecular formula is C26H23Cl2N3O6. The molecular weight excluding hydrogens is 521 g/mol. The van der Waals surface area contributed by atoms with Gasteiger partial charge in [0.15, 0.2) is 0 Å². The molecule has 37 heavy (non-hydrogen) atoms. The number of hydrogen-bond donors (Lipinski definition) is 0. The van der Waals surface area contributed by atoms with E-state index in [1.165, 1.54) is 18.2 Å². The Labute approximate surface area is 223 Å². The van der Waals surface area contributed by atoms with Crippen LogP contribution >= 0.6 is 23.2 Å². The van der Waals surface area contributed by atoms with Gasteiger partial charge >= 0.3 is 5.97 Å². The van der Waals surface area contributed by atoms with Crippen molar-refractivity contribution >= 4 is 52.5 Å². The van der Waals surface area contributed by atoms with Gasteiger partial charge in [-0.15, -0.1) is 0 Å².